The summed E-state index contributed by atoms with van der Waals surface area (Å²) in [7, 11) is 1.71. The molecule has 1 aliphatic carbocycles. The van der Waals surface area contributed by atoms with E-state index >= 15 is 0 Å². The molecule has 0 heterocycles. The molecule has 0 bridgehead atoms. The fourth-order valence-electron chi connectivity index (χ4n) is 0.751. The Kier molecular flexibility index (Phi) is 46.2. The Balaban J connectivity index is -0.0000000755. The van der Waals surface area contributed by atoms with E-state index in [2.05, 4.69) is 26.0 Å². The van der Waals surface area contributed by atoms with Crippen LogP contribution in [-0.2, 0) is 35.8 Å². The maximum atomic E-state index is 7.50. The van der Waals surface area contributed by atoms with Gasteiger partial charge in [-0.1, -0.05) is 12.2 Å². The van der Waals surface area contributed by atoms with Crippen LogP contribution in [0.1, 0.15) is 12.8 Å². The molecule has 15 heavy (non-hydrogen) atoms. The minimum Gasteiger partial charge on any atom is 0 e. The average molecular weight is 250 g/mol. The van der Waals surface area contributed by atoms with Crippen LogP contribution in [0.3, 0.4) is 0 Å². The minimum absolute atomic E-state index is 0. The summed E-state index contributed by atoms with van der Waals surface area (Å²) in [5.41, 5.74) is 0. The Morgan fingerprint density at radius 3 is 1.80 bits per heavy atom. The van der Waals surface area contributed by atoms with Gasteiger partial charge in [0.2, 0.25) is 0 Å². The first-order valence-corrected chi connectivity index (χ1v) is 3.44. The van der Waals surface area contributed by atoms with Gasteiger partial charge >= 0.3 is 33.9 Å². The molecule has 0 aromatic heterocycles. The zero-order valence-electron chi connectivity index (χ0n) is 8.13. The molecule has 0 unspecified atom stereocenters. The fourth-order valence-corrected chi connectivity index (χ4v) is 0.751. The summed E-state index contributed by atoms with van der Waals surface area (Å²) in [5, 5.41) is 0. The first-order valence-electron chi connectivity index (χ1n) is 3.44. The average Bonchev–Trinajstić information content (AvgIpc) is 2.37. The zero-order chi connectivity index (χ0) is 11.8. The van der Waals surface area contributed by atoms with Crippen LogP contribution in [0.5, 0.6) is 0 Å². The summed E-state index contributed by atoms with van der Waals surface area (Å²) in [5.74, 6) is 1.09. The molecule has 0 aromatic carbocycles. The summed E-state index contributed by atoms with van der Waals surface area (Å²) >= 11 is 0. The van der Waals surface area contributed by atoms with Gasteiger partial charge in [-0.15, -0.1) is 0 Å². The van der Waals surface area contributed by atoms with Crippen LogP contribution < -0.4 is 0 Å². The van der Waals surface area contributed by atoms with Crippen molar-refractivity contribution in [1.82, 2.24) is 0 Å². The zero-order valence-corrected chi connectivity index (χ0v) is 9.24. The quantitative estimate of drug-likeness (QED) is 0.397. The monoisotopic (exact) mass is 250 g/mol. The van der Waals surface area contributed by atoms with Gasteiger partial charge in [0.25, 0.3) is 0 Å². The number of allylic oxidation sites excluding steroid dienone is 4. The van der Waals surface area contributed by atoms with E-state index in [-0.39, 0.29) is 17.1 Å². The molecule has 82 valence electrons. The van der Waals surface area contributed by atoms with Crippen LogP contribution in [0, 0.1) is 20.0 Å². The van der Waals surface area contributed by atoms with Crippen molar-refractivity contribution in [2.24, 2.45) is 0 Å². The van der Waals surface area contributed by atoms with E-state index in [9.17, 15) is 0 Å². The third-order valence-electron chi connectivity index (χ3n) is 1.24. The van der Waals surface area contributed by atoms with Crippen LogP contribution in [0.15, 0.2) is 24.0 Å². The standard InChI is InChI=1S/C7H10O.3CO.Fe/c1-8-7-5-3-2-4-6-7;3*1-2;/h2-3,5H,4,6H2,1H3;;;;. The predicted octanol–water partition coefficient (Wildman–Crippen LogP) is 1.75. The third-order valence-corrected chi connectivity index (χ3v) is 1.24. The molecule has 0 spiro atoms. The van der Waals surface area contributed by atoms with E-state index in [1.165, 1.54) is 0 Å². The van der Waals surface area contributed by atoms with E-state index in [4.69, 9.17) is 18.7 Å². The molecule has 1 aliphatic rings. The van der Waals surface area contributed by atoms with Gasteiger partial charge in [0, 0.05) is 23.5 Å². The largest absolute Gasteiger partial charge is 0 e. The van der Waals surface area contributed by atoms with E-state index in [0.717, 1.165) is 18.6 Å². The second-order valence-corrected chi connectivity index (χ2v) is 1.80. The Hall–Kier alpha value is -0.981. The van der Waals surface area contributed by atoms with Crippen molar-refractivity contribution >= 4 is 0 Å². The molecule has 0 aromatic rings. The molecule has 0 amide bonds. The summed E-state index contributed by atoms with van der Waals surface area (Å²) in [6.07, 6.45) is 8.36. The second-order valence-electron chi connectivity index (χ2n) is 1.80. The topological polar surface area (TPSA) is 68.9 Å². The van der Waals surface area contributed by atoms with E-state index in [1.54, 1.807) is 7.11 Å². The van der Waals surface area contributed by atoms with Crippen LogP contribution in [0.2, 0.25) is 0 Å². The van der Waals surface area contributed by atoms with Crippen molar-refractivity contribution in [3.8, 4) is 0 Å². The van der Waals surface area contributed by atoms with Gasteiger partial charge in [0.05, 0.1) is 12.9 Å². The maximum absolute atomic E-state index is 7.50. The second kappa shape index (κ2) is 29.2. The van der Waals surface area contributed by atoms with Gasteiger partial charge in [-0.3, -0.25) is 0 Å². The van der Waals surface area contributed by atoms with Crippen molar-refractivity contribution in [2.75, 3.05) is 7.11 Å². The van der Waals surface area contributed by atoms with E-state index < -0.39 is 0 Å². The molecule has 5 heteroatoms. The Morgan fingerprint density at radius 2 is 1.60 bits per heavy atom. The Labute approximate surface area is 100 Å². The van der Waals surface area contributed by atoms with E-state index in [0.29, 0.717) is 0 Å². The van der Waals surface area contributed by atoms with Crippen molar-refractivity contribution in [2.45, 2.75) is 12.8 Å². The number of methoxy groups -OCH3 is 1. The molecule has 0 N–H and O–H groups in total. The molecule has 0 aliphatic heterocycles. The molecule has 0 saturated carbocycles. The molecule has 1 rings (SSSR count). The van der Waals surface area contributed by atoms with Gasteiger partial charge < -0.3 is 4.74 Å². The number of ether oxygens (including phenoxy) is 1. The summed E-state index contributed by atoms with van der Waals surface area (Å²) < 4.78 is 27.5. The molecule has 0 radical (unpaired) electrons. The van der Waals surface area contributed by atoms with Gasteiger partial charge in [-0.05, 0) is 12.5 Å². The first-order chi connectivity index (χ1) is 6.93. The minimum atomic E-state index is 0. The van der Waals surface area contributed by atoms with Gasteiger partial charge in [-0.25, -0.2) is 0 Å². The summed E-state index contributed by atoms with van der Waals surface area (Å²) in [6.45, 7) is 13.5. The molecule has 0 fully saturated rings. The van der Waals surface area contributed by atoms with Crippen molar-refractivity contribution in [1.29, 1.82) is 0 Å². The molecule has 0 saturated heterocycles. The van der Waals surface area contributed by atoms with Crippen LogP contribution >= 0.6 is 0 Å². The van der Waals surface area contributed by atoms with Crippen LogP contribution in [0.4, 0.5) is 0 Å². The van der Waals surface area contributed by atoms with Crippen LogP contribution in [0.25, 0.3) is 0 Å². The van der Waals surface area contributed by atoms with Gasteiger partial charge in [0.15, 0.2) is 0 Å². The fraction of sp³-hybridized carbons (Fsp3) is 0.300. The first kappa shape index (κ1) is 23.7. The summed E-state index contributed by atoms with van der Waals surface area (Å²) in [6, 6.07) is 0. The Bertz CT molecular complexity index is 211. The number of rotatable bonds is 1. The van der Waals surface area contributed by atoms with Crippen LogP contribution in [-0.4, -0.2) is 7.11 Å². The normalized spacial score (nSPS) is 9.93. The molecular weight excluding hydrogens is 240 g/mol. The molecule has 0 atom stereocenters. The molecule has 4 nitrogen and oxygen atoms in total. The maximum Gasteiger partial charge on any atom is 0 e. The van der Waals surface area contributed by atoms with Crippen molar-refractivity contribution < 1.29 is 35.8 Å². The smallest absolute Gasteiger partial charge is 0 e. The van der Waals surface area contributed by atoms with E-state index in [1.807, 2.05) is 12.2 Å². The molecular formula is C10H10FeO4. The third kappa shape index (κ3) is 19.4. The van der Waals surface area contributed by atoms with Crippen molar-refractivity contribution in [3.05, 3.63) is 43.9 Å². The van der Waals surface area contributed by atoms with Gasteiger partial charge in [-0.2, -0.15) is 0 Å². The SMILES string of the molecule is COC1=CC=CCC1.[C-]#[O+].[C-]#[O+].[C-]#[O+].[Fe]. The van der Waals surface area contributed by atoms with Gasteiger partial charge in [0.1, 0.15) is 0 Å². The van der Waals surface area contributed by atoms with Crippen molar-refractivity contribution in [3.63, 3.8) is 0 Å². The Morgan fingerprint density at radius 1 is 1.13 bits per heavy atom. The predicted molar refractivity (Wildman–Crippen MR) is 45.3 cm³/mol. The number of hydrogen-bond donors (Lipinski definition) is 0. The summed E-state index contributed by atoms with van der Waals surface area (Å²) in [4.78, 5) is 0. The number of hydrogen-bond acceptors (Lipinski definition) is 1.